The van der Waals surface area contributed by atoms with E-state index in [1.807, 2.05) is 32.6 Å². The summed E-state index contributed by atoms with van der Waals surface area (Å²) in [6.45, 7) is 9.67. The van der Waals surface area contributed by atoms with Crippen LogP contribution in [0, 0.1) is 5.92 Å². The first kappa shape index (κ1) is 26.7. The van der Waals surface area contributed by atoms with E-state index in [-0.39, 0.29) is 53.6 Å². The second-order valence-corrected chi connectivity index (χ2v) is 9.77. The second-order valence-electron chi connectivity index (χ2n) is 7.74. The van der Waals surface area contributed by atoms with Crippen LogP contribution in [0.15, 0.2) is 40.2 Å². The van der Waals surface area contributed by atoms with Crippen molar-refractivity contribution in [3.8, 4) is 0 Å². The van der Waals surface area contributed by atoms with Crippen LogP contribution in [0.2, 0.25) is 0 Å². The predicted octanol–water partition coefficient (Wildman–Crippen LogP) is 2.67. The number of hydrogen-bond acceptors (Lipinski definition) is 4. The van der Waals surface area contributed by atoms with Gasteiger partial charge in [0.15, 0.2) is 15.8 Å². The van der Waals surface area contributed by atoms with Crippen molar-refractivity contribution in [3.63, 3.8) is 0 Å². The number of aliphatic imine (C=N–C) groups is 1. The fourth-order valence-corrected chi connectivity index (χ4v) is 4.98. The lowest BCUT2D eigenvalue weighted by Crippen LogP contribution is -2.50. The number of rotatable bonds is 8. The van der Waals surface area contributed by atoms with Crippen molar-refractivity contribution < 1.29 is 13.2 Å². The Kier molecular flexibility index (Phi) is 11.1. The Labute approximate surface area is 198 Å². The van der Waals surface area contributed by atoms with Crippen LogP contribution in [0.1, 0.15) is 40.5 Å². The van der Waals surface area contributed by atoms with Crippen molar-refractivity contribution in [3.05, 3.63) is 30.3 Å². The number of guanidine groups is 1. The average Bonchev–Trinajstić information content (AvgIpc) is 3.15. The molecule has 1 aromatic carbocycles. The number of amides is 1. The Balaban J connectivity index is 0.00000450. The molecule has 0 aliphatic carbocycles. The normalized spacial score (nSPS) is 18.1. The highest BCUT2D eigenvalue weighted by Gasteiger charge is 2.29. The van der Waals surface area contributed by atoms with E-state index in [4.69, 9.17) is 0 Å². The highest BCUT2D eigenvalue weighted by molar-refractivity contribution is 14.0. The molecule has 1 aromatic rings. The van der Waals surface area contributed by atoms with Gasteiger partial charge < -0.3 is 15.5 Å². The summed E-state index contributed by atoms with van der Waals surface area (Å²) in [5.41, 5.74) is 0. The van der Waals surface area contributed by atoms with Gasteiger partial charge >= 0.3 is 0 Å². The van der Waals surface area contributed by atoms with Crippen LogP contribution in [0.5, 0.6) is 0 Å². The van der Waals surface area contributed by atoms with Crippen LogP contribution in [-0.2, 0) is 14.6 Å². The van der Waals surface area contributed by atoms with Crippen molar-refractivity contribution in [2.45, 2.75) is 57.5 Å². The van der Waals surface area contributed by atoms with E-state index < -0.39 is 9.84 Å². The van der Waals surface area contributed by atoms with E-state index in [0.29, 0.717) is 30.4 Å². The lowest BCUT2D eigenvalue weighted by atomic mass is 10.2. The fraction of sp³-hybridized carbons (Fsp3) is 0.619. The Hall–Kier alpha value is -1.36. The first-order valence-corrected chi connectivity index (χ1v) is 12.1. The second kappa shape index (κ2) is 12.5. The quantitative estimate of drug-likeness (QED) is 0.295. The Morgan fingerprint density at radius 1 is 1.23 bits per heavy atom. The molecule has 1 amide bonds. The number of carbonyl (C=O) groups excluding carboxylic acids is 1. The van der Waals surface area contributed by atoms with Crippen LogP contribution < -0.4 is 10.6 Å². The van der Waals surface area contributed by atoms with E-state index in [1.165, 1.54) is 0 Å². The molecule has 1 heterocycles. The highest BCUT2D eigenvalue weighted by atomic mass is 127. The first-order valence-electron chi connectivity index (χ1n) is 10.4. The van der Waals surface area contributed by atoms with Crippen LogP contribution in [0.4, 0.5) is 0 Å². The van der Waals surface area contributed by atoms with Crippen molar-refractivity contribution in [2.24, 2.45) is 10.9 Å². The first-order chi connectivity index (χ1) is 13.8. The highest BCUT2D eigenvalue weighted by Crippen LogP contribution is 2.14. The number of hydrogen-bond donors (Lipinski definition) is 2. The molecule has 1 saturated heterocycles. The summed E-state index contributed by atoms with van der Waals surface area (Å²) >= 11 is 0. The fourth-order valence-electron chi connectivity index (χ4n) is 3.37. The number of benzene rings is 1. The maximum Gasteiger partial charge on any atom is 0.225 e. The van der Waals surface area contributed by atoms with Gasteiger partial charge in [0.05, 0.1) is 10.6 Å². The lowest BCUT2D eigenvalue weighted by molar-refractivity contribution is -0.133. The number of nitrogens with one attached hydrogen (secondary N) is 2. The van der Waals surface area contributed by atoms with Gasteiger partial charge in [-0.25, -0.2) is 8.42 Å². The molecule has 7 nitrogen and oxygen atoms in total. The van der Waals surface area contributed by atoms with E-state index in [1.54, 1.807) is 30.3 Å². The molecule has 2 unspecified atom stereocenters. The molecular weight excluding hydrogens is 515 g/mol. The Bertz CT molecular complexity index is 800. The molecule has 0 radical (unpaired) electrons. The molecular formula is C21H35IN4O3S. The van der Waals surface area contributed by atoms with Crippen LogP contribution in [-0.4, -0.2) is 62.7 Å². The summed E-state index contributed by atoms with van der Waals surface area (Å²) in [5.74, 6) is 0.756. The van der Waals surface area contributed by atoms with Crippen molar-refractivity contribution in [2.75, 3.05) is 25.4 Å². The molecule has 0 bridgehead atoms. The van der Waals surface area contributed by atoms with Crippen LogP contribution in [0.3, 0.4) is 0 Å². The molecule has 1 aliphatic rings. The molecule has 2 N–H and O–H groups in total. The van der Waals surface area contributed by atoms with Gasteiger partial charge in [-0.1, -0.05) is 39.0 Å². The molecule has 1 aliphatic heterocycles. The van der Waals surface area contributed by atoms with E-state index in [2.05, 4.69) is 15.6 Å². The summed E-state index contributed by atoms with van der Waals surface area (Å²) in [7, 11) is -3.39. The number of carbonyl (C=O) groups is 1. The summed E-state index contributed by atoms with van der Waals surface area (Å²) in [4.78, 5) is 18.9. The van der Waals surface area contributed by atoms with Gasteiger partial charge in [0.1, 0.15) is 0 Å². The Morgan fingerprint density at radius 2 is 1.90 bits per heavy atom. The summed E-state index contributed by atoms with van der Waals surface area (Å²) in [5, 5.41) is 6.66. The number of nitrogens with zero attached hydrogens (tertiary/aromatic N) is 2. The van der Waals surface area contributed by atoms with E-state index in [9.17, 15) is 13.2 Å². The molecule has 170 valence electrons. The zero-order valence-electron chi connectivity index (χ0n) is 18.3. The minimum absolute atomic E-state index is 0. The standard InChI is InChI=1S/C21H34N4O3S.HI/c1-5-17(15-29(27,28)19-10-8-7-9-11-19)23-21(22-6-2)24-18-12-13-25(14-18)20(26)16(3)4;/h7-11,16-18H,5-6,12-15H2,1-4H3,(H2,22,23,24);1H. The molecule has 9 heteroatoms. The third-order valence-electron chi connectivity index (χ3n) is 5.01. The summed E-state index contributed by atoms with van der Waals surface area (Å²) in [6, 6.07) is 8.38. The van der Waals surface area contributed by atoms with Crippen LogP contribution in [0.25, 0.3) is 0 Å². The van der Waals surface area contributed by atoms with Crippen molar-refractivity contribution in [1.29, 1.82) is 0 Å². The number of halogens is 1. The van der Waals surface area contributed by atoms with Gasteiger partial charge in [-0.15, -0.1) is 24.0 Å². The summed E-state index contributed by atoms with van der Waals surface area (Å²) in [6.07, 6.45) is 1.50. The largest absolute Gasteiger partial charge is 0.353 e. The van der Waals surface area contributed by atoms with Gasteiger partial charge in [-0.2, -0.15) is 0 Å². The van der Waals surface area contributed by atoms with Crippen molar-refractivity contribution >= 4 is 45.7 Å². The van der Waals surface area contributed by atoms with Crippen molar-refractivity contribution in [1.82, 2.24) is 15.5 Å². The Morgan fingerprint density at radius 3 is 2.47 bits per heavy atom. The summed E-state index contributed by atoms with van der Waals surface area (Å²) < 4.78 is 25.4. The lowest BCUT2D eigenvalue weighted by Gasteiger charge is -2.24. The van der Waals surface area contributed by atoms with Crippen LogP contribution >= 0.6 is 24.0 Å². The van der Waals surface area contributed by atoms with Gasteiger partial charge in [0, 0.05) is 37.6 Å². The van der Waals surface area contributed by atoms with Gasteiger partial charge in [0.2, 0.25) is 5.91 Å². The minimum Gasteiger partial charge on any atom is -0.353 e. The van der Waals surface area contributed by atoms with Gasteiger partial charge in [-0.05, 0) is 31.9 Å². The molecule has 0 spiro atoms. The maximum atomic E-state index is 12.7. The maximum absolute atomic E-state index is 12.7. The predicted molar refractivity (Wildman–Crippen MR) is 132 cm³/mol. The zero-order chi connectivity index (χ0) is 21.4. The monoisotopic (exact) mass is 550 g/mol. The molecule has 1 fully saturated rings. The average molecular weight is 551 g/mol. The minimum atomic E-state index is -3.39. The molecule has 2 atom stereocenters. The zero-order valence-corrected chi connectivity index (χ0v) is 21.4. The van der Waals surface area contributed by atoms with E-state index in [0.717, 1.165) is 13.0 Å². The van der Waals surface area contributed by atoms with Gasteiger partial charge in [-0.3, -0.25) is 9.79 Å². The number of likely N-dealkylation sites (tertiary alicyclic amines) is 1. The topological polar surface area (TPSA) is 90.9 Å². The third kappa shape index (κ3) is 7.72. The third-order valence-corrected chi connectivity index (χ3v) is 6.84. The SMILES string of the molecule is CCN=C(NC1CCN(C(=O)C(C)C)C1)NC(CC)CS(=O)(=O)c1ccccc1.I. The molecule has 0 saturated carbocycles. The molecule has 2 rings (SSSR count). The molecule has 0 aromatic heterocycles. The molecule has 30 heavy (non-hydrogen) atoms. The van der Waals surface area contributed by atoms with Gasteiger partial charge in [0.25, 0.3) is 0 Å². The van der Waals surface area contributed by atoms with E-state index >= 15 is 0 Å². The smallest absolute Gasteiger partial charge is 0.225 e. The number of sulfone groups is 1.